The topological polar surface area (TPSA) is 65.5 Å². The van der Waals surface area contributed by atoms with Gasteiger partial charge in [-0.1, -0.05) is 12.1 Å². The van der Waals surface area contributed by atoms with Crippen LogP contribution in [0.2, 0.25) is 0 Å². The minimum Gasteiger partial charge on any atom is -0.356 e. The number of carbonyl (C=O) groups is 2. The number of piperidine rings is 1. The Morgan fingerprint density at radius 3 is 2.69 bits per heavy atom. The van der Waals surface area contributed by atoms with E-state index in [1.165, 1.54) is 16.9 Å². The van der Waals surface area contributed by atoms with Crippen molar-refractivity contribution >= 4 is 23.2 Å². The van der Waals surface area contributed by atoms with E-state index in [0.29, 0.717) is 0 Å². The molecule has 0 unspecified atom stereocenters. The van der Waals surface area contributed by atoms with Crippen molar-refractivity contribution in [1.82, 2.24) is 20.1 Å². The number of hydrogen-bond donors (Lipinski definition) is 1. The molecule has 152 valence electrons. The highest BCUT2D eigenvalue weighted by atomic mass is 32.1. The van der Waals surface area contributed by atoms with Crippen molar-refractivity contribution in [3.05, 3.63) is 52.5 Å². The van der Waals surface area contributed by atoms with Gasteiger partial charge in [-0.05, 0) is 42.3 Å². The fourth-order valence-electron chi connectivity index (χ4n) is 5.71. The van der Waals surface area contributed by atoms with Gasteiger partial charge in [0.25, 0.3) is 5.91 Å². The average molecular weight is 411 g/mol. The summed E-state index contributed by atoms with van der Waals surface area (Å²) in [6.07, 6.45) is 6.38. The molecule has 1 N–H and O–H groups in total. The summed E-state index contributed by atoms with van der Waals surface area (Å²) in [5.74, 6) is 0.342. The zero-order valence-corrected chi connectivity index (χ0v) is 17.3. The third-order valence-corrected chi connectivity index (χ3v) is 8.03. The van der Waals surface area contributed by atoms with Crippen molar-refractivity contribution in [2.45, 2.75) is 25.8 Å². The zero-order valence-electron chi connectivity index (χ0n) is 16.5. The molecule has 0 aromatic carbocycles. The van der Waals surface area contributed by atoms with Gasteiger partial charge in [0.2, 0.25) is 5.91 Å². The standard InChI is InChI=1S/C22H26N4O2S/c27-19(18-4-2-12-29-18)26-10-6-21(7-11-26)15-25(14-17-3-1-8-23-13-17)16-22(21)5-9-24-20(22)28/h1-4,8,12-13H,5-7,9-11,14-16H2,(H,24,28)/t22-/m1/s1. The molecule has 2 amide bonds. The smallest absolute Gasteiger partial charge is 0.263 e. The second-order valence-electron chi connectivity index (χ2n) is 8.64. The molecular weight excluding hydrogens is 384 g/mol. The van der Waals surface area contributed by atoms with E-state index in [0.717, 1.165) is 63.4 Å². The molecule has 0 radical (unpaired) electrons. The van der Waals surface area contributed by atoms with Gasteiger partial charge < -0.3 is 10.2 Å². The first kappa shape index (κ1) is 18.8. The van der Waals surface area contributed by atoms with Gasteiger partial charge in [0.15, 0.2) is 0 Å². The largest absolute Gasteiger partial charge is 0.356 e. The van der Waals surface area contributed by atoms with Crippen LogP contribution in [0.1, 0.15) is 34.5 Å². The molecule has 5 rings (SSSR count). The Morgan fingerprint density at radius 2 is 2.03 bits per heavy atom. The SMILES string of the molecule is O=C(c1cccs1)N1CCC2(CC1)CN(Cc1cccnc1)C[C@@]21CCNC1=O. The number of thiophene rings is 1. The monoisotopic (exact) mass is 410 g/mol. The van der Waals surface area contributed by atoms with Gasteiger partial charge in [-0.25, -0.2) is 0 Å². The van der Waals surface area contributed by atoms with E-state index in [1.54, 1.807) is 6.20 Å². The van der Waals surface area contributed by atoms with E-state index in [4.69, 9.17) is 0 Å². The van der Waals surface area contributed by atoms with Crippen molar-refractivity contribution in [3.63, 3.8) is 0 Å². The maximum atomic E-state index is 13.0. The van der Waals surface area contributed by atoms with E-state index >= 15 is 0 Å². The van der Waals surface area contributed by atoms with Crippen molar-refractivity contribution < 1.29 is 9.59 Å². The van der Waals surface area contributed by atoms with E-state index < -0.39 is 0 Å². The van der Waals surface area contributed by atoms with Crippen LogP contribution in [0, 0.1) is 10.8 Å². The second kappa shape index (κ2) is 7.22. The van der Waals surface area contributed by atoms with Crippen molar-refractivity contribution in [1.29, 1.82) is 0 Å². The molecule has 0 aliphatic carbocycles. The van der Waals surface area contributed by atoms with E-state index in [-0.39, 0.29) is 22.6 Å². The highest BCUT2D eigenvalue weighted by Crippen LogP contribution is 2.56. The highest BCUT2D eigenvalue weighted by molar-refractivity contribution is 7.12. The molecule has 2 aromatic heterocycles. The average Bonchev–Trinajstić information content (AvgIpc) is 3.45. The van der Waals surface area contributed by atoms with Crippen molar-refractivity contribution in [3.8, 4) is 0 Å². The Kier molecular flexibility index (Phi) is 4.67. The van der Waals surface area contributed by atoms with Gasteiger partial charge in [0, 0.05) is 57.1 Å². The third-order valence-electron chi connectivity index (χ3n) is 7.18. The molecule has 2 aromatic rings. The number of aromatic nitrogens is 1. The van der Waals surface area contributed by atoms with Crippen LogP contribution in [0.5, 0.6) is 0 Å². The lowest BCUT2D eigenvalue weighted by Gasteiger charge is -2.46. The molecule has 3 aliphatic heterocycles. The summed E-state index contributed by atoms with van der Waals surface area (Å²) < 4.78 is 0. The second-order valence-corrected chi connectivity index (χ2v) is 9.59. The van der Waals surface area contributed by atoms with Crippen LogP contribution in [-0.4, -0.2) is 59.3 Å². The number of carbonyl (C=O) groups excluding carboxylic acids is 2. The van der Waals surface area contributed by atoms with Crippen LogP contribution < -0.4 is 5.32 Å². The lowest BCUT2D eigenvalue weighted by atomic mass is 9.60. The number of hydrogen-bond acceptors (Lipinski definition) is 5. The first-order valence-corrected chi connectivity index (χ1v) is 11.2. The number of fused-ring (bicyclic) bond motifs is 1. The summed E-state index contributed by atoms with van der Waals surface area (Å²) in [5.41, 5.74) is 0.804. The van der Waals surface area contributed by atoms with Gasteiger partial charge in [-0.3, -0.25) is 19.5 Å². The molecule has 7 heteroatoms. The lowest BCUT2D eigenvalue weighted by Crippen LogP contribution is -2.53. The number of pyridine rings is 1. The van der Waals surface area contributed by atoms with Gasteiger partial charge >= 0.3 is 0 Å². The van der Waals surface area contributed by atoms with E-state index in [9.17, 15) is 9.59 Å². The van der Waals surface area contributed by atoms with Gasteiger partial charge in [-0.15, -0.1) is 11.3 Å². The van der Waals surface area contributed by atoms with Crippen molar-refractivity contribution in [2.75, 3.05) is 32.7 Å². The fraction of sp³-hybridized carbons (Fsp3) is 0.500. The van der Waals surface area contributed by atoms with Crippen LogP contribution in [-0.2, 0) is 11.3 Å². The minimum absolute atomic E-state index is 0.0535. The van der Waals surface area contributed by atoms with Gasteiger partial charge in [0.1, 0.15) is 0 Å². The predicted octanol–water partition coefficient (Wildman–Crippen LogP) is 2.39. The molecule has 5 heterocycles. The van der Waals surface area contributed by atoms with Gasteiger partial charge in [-0.2, -0.15) is 0 Å². The molecule has 3 saturated heterocycles. The summed E-state index contributed by atoms with van der Waals surface area (Å²) in [6.45, 7) is 4.75. The molecule has 0 saturated carbocycles. The normalized spacial score (nSPS) is 26.3. The number of nitrogens with zero attached hydrogens (tertiary/aromatic N) is 3. The summed E-state index contributed by atoms with van der Waals surface area (Å²) >= 11 is 1.50. The van der Waals surface area contributed by atoms with E-state index in [1.807, 2.05) is 34.7 Å². The molecule has 0 bridgehead atoms. The summed E-state index contributed by atoms with van der Waals surface area (Å²) in [4.78, 5) is 35.3. The molecule has 2 spiro atoms. The maximum Gasteiger partial charge on any atom is 0.263 e. The van der Waals surface area contributed by atoms with Gasteiger partial charge in [0.05, 0.1) is 10.3 Å². The molecule has 1 atom stereocenters. The van der Waals surface area contributed by atoms with Crippen LogP contribution >= 0.6 is 11.3 Å². The number of nitrogens with one attached hydrogen (secondary N) is 1. The van der Waals surface area contributed by atoms with Crippen LogP contribution in [0.4, 0.5) is 0 Å². The minimum atomic E-state index is -0.326. The Morgan fingerprint density at radius 1 is 1.17 bits per heavy atom. The fourth-order valence-corrected chi connectivity index (χ4v) is 6.40. The first-order chi connectivity index (χ1) is 14.1. The molecule has 6 nitrogen and oxygen atoms in total. The van der Waals surface area contributed by atoms with Crippen molar-refractivity contribution in [2.24, 2.45) is 10.8 Å². The van der Waals surface area contributed by atoms with E-state index in [2.05, 4.69) is 21.3 Å². The van der Waals surface area contributed by atoms with Crippen LogP contribution in [0.25, 0.3) is 0 Å². The zero-order chi connectivity index (χ0) is 19.9. The third kappa shape index (κ3) is 3.07. The predicted molar refractivity (Wildman–Crippen MR) is 111 cm³/mol. The maximum absolute atomic E-state index is 13.0. The Labute approximate surface area is 174 Å². The number of rotatable bonds is 3. The van der Waals surface area contributed by atoms with Crippen LogP contribution in [0.3, 0.4) is 0 Å². The molecule has 3 aliphatic rings. The lowest BCUT2D eigenvalue weighted by molar-refractivity contribution is -0.133. The molecule has 3 fully saturated rings. The Hall–Kier alpha value is -2.25. The Balaban J connectivity index is 1.36. The molecule has 29 heavy (non-hydrogen) atoms. The summed E-state index contributed by atoms with van der Waals surface area (Å²) in [7, 11) is 0. The summed E-state index contributed by atoms with van der Waals surface area (Å²) in [5, 5.41) is 5.06. The van der Waals surface area contributed by atoms with Crippen LogP contribution in [0.15, 0.2) is 42.0 Å². The Bertz CT molecular complexity index is 893. The quantitative estimate of drug-likeness (QED) is 0.844. The first-order valence-electron chi connectivity index (χ1n) is 10.3. The number of likely N-dealkylation sites (tertiary alicyclic amines) is 2. The highest BCUT2D eigenvalue weighted by Gasteiger charge is 2.63. The summed E-state index contributed by atoms with van der Waals surface area (Å²) in [6, 6.07) is 7.89. The molecular formula is C22H26N4O2S. The number of amides is 2.